The molecule has 1 aromatic carbocycles. The zero-order valence-corrected chi connectivity index (χ0v) is 14.4. The maximum atomic E-state index is 12.1. The number of carbonyl (C=O) groups is 1. The first-order valence-electron chi connectivity index (χ1n) is 8.53. The number of likely N-dealkylation sites (N-methyl/N-ethyl adjacent to an activating group) is 1. The third kappa shape index (κ3) is 5.11. The topological polar surface area (TPSA) is 77.7 Å². The summed E-state index contributed by atoms with van der Waals surface area (Å²) >= 11 is 0. The highest BCUT2D eigenvalue weighted by Crippen LogP contribution is 2.17. The van der Waals surface area contributed by atoms with Crippen molar-refractivity contribution in [2.24, 2.45) is 0 Å². The van der Waals surface area contributed by atoms with E-state index in [9.17, 15) is 4.79 Å². The fourth-order valence-corrected chi connectivity index (χ4v) is 2.63. The summed E-state index contributed by atoms with van der Waals surface area (Å²) in [6.07, 6.45) is 3.36. The van der Waals surface area contributed by atoms with Crippen LogP contribution in [-0.4, -0.2) is 54.0 Å². The molecule has 1 aromatic heterocycles. The van der Waals surface area contributed by atoms with Crippen molar-refractivity contribution < 1.29 is 18.7 Å². The first-order chi connectivity index (χ1) is 12.2. The Morgan fingerprint density at radius 1 is 1.28 bits per heavy atom. The fraction of sp³-hybridized carbons (Fsp3) is 0.500. The van der Waals surface area contributed by atoms with Crippen molar-refractivity contribution in [3.63, 3.8) is 0 Å². The Kier molecular flexibility index (Phi) is 6.14. The monoisotopic (exact) mass is 345 g/mol. The molecule has 1 unspecified atom stereocenters. The van der Waals surface area contributed by atoms with E-state index in [1.54, 1.807) is 7.05 Å². The maximum Gasteiger partial charge on any atom is 0.248 e. The second-order valence-electron chi connectivity index (χ2n) is 6.12. The van der Waals surface area contributed by atoms with Crippen LogP contribution < -0.4 is 0 Å². The molecule has 1 aliphatic rings. The highest BCUT2D eigenvalue weighted by Gasteiger charge is 2.17. The van der Waals surface area contributed by atoms with Crippen LogP contribution in [0.3, 0.4) is 0 Å². The van der Waals surface area contributed by atoms with Crippen LogP contribution in [0.15, 0.2) is 34.7 Å². The first-order valence-corrected chi connectivity index (χ1v) is 8.53. The van der Waals surface area contributed by atoms with Crippen LogP contribution in [0.2, 0.25) is 0 Å². The molecule has 7 heteroatoms. The molecule has 3 rings (SSSR count). The van der Waals surface area contributed by atoms with E-state index in [0.717, 1.165) is 31.4 Å². The number of aromatic nitrogens is 2. The minimum atomic E-state index is -0.129. The molecular formula is C18H23N3O4. The van der Waals surface area contributed by atoms with E-state index < -0.39 is 0 Å². The second-order valence-corrected chi connectivity index (χ2v) is 6.12. The van der Waals surface area contributed by atoms with Gasteiger partial charge in [0, 0.05) is 19.2 Å². The molecule has 0 bridgehead atoms. The third-order valence-corrected chi connectivity index (χ3v) is 4.09. The van der Waals surface area contributed by atoms with Crippen LogP contribution in [-0.2, 0) is 20.8 Å². The number of ether oxygens (including phenoxy) is 2. The normalized spacial score (nSPS) is 17.4. The van der Waals surface area contributed by atoms with Crippen molar-refractivity contribution in [1.82, 2.24) is 15.1 Å². The number of carbonyl (C=O) groups excluding carboxylic acids is 1. The van der Waals surface area contributed by atoms with Gasteiger partial charge in [-0.25, -0.2) is 0 Å². The standard InChI is InChI=1S/C18H23N3O4/c1-21(17(22)13-23-12-15-9-5-6-10-24-15)11-16-19-20-18(25-16)14-7-3-2-4-8-14/h2-4,7-8,15H,5-6,9-13H2,1H3. The molecule has 134 valence electrons. The number of benzene rings is 1. The lowest BCUT2D eigenvalue weighted by Gasteiger charge is -2.22. The molecule has 1 atom stereocenters. The van der Waals surface area contributed by atoms with Gasteiger partial charge >= 0.3 is 0 Å². The van der Waals surface area contributed by atoms with Gasteiger partial charge in [0.1, 0.15) is 6.61 Å². The van der Waals surface area contributed by atoms with Gasteiger partial charge in [-0.3, -0.25) is 4.79 Å². The van der Waals surface area contributed by atoms with Crippen molar-refractivity contribution in [2.45, 2.75) is 31.9 Å². The summed E-state index contributed by atoms with van der Waals surface area (Å²) in [5.74, 6) is 0.711. The molecule has 25 heavy (non-hydrogen) atoms. The Morgan fingerprint density at radius 3 is 2.88 bits per heavy atom. The number of hydrogen-bond acceptors (Lipinski definition) is 6. The van der Waals surface area contributed by atoms with Crippen LogP contribution in [0.1, 0.15) is 25.2 Å². The minimum absolute atomic E-state index is 0.0238. The molecule has 1 amide bonds. The van der Waals surface area contributed by atoms with Crippen LogP contribution in [0.25, 0.3) is 11.5 Å². The van der Waals surface area contributed by atoms with Crippen LogP contribution in [0.5, 0.6) is 0 Å². The summed E-state index contributed by atoms with van der Waals surface area (Å²) in [5.41, 5.74) is 0.853. The molecule has 1 fully saturated rings. The number of hydrogen-bond donors (Lipinski definition) is 0. The Morgan fingerprint density at radius 2 is 2.12 bits per heavy atom. The predicted octanol–water partition coefficient (Wildman–Crippen LogP) is 2.28. The van der Waals surface area contributed by atoms with Crippen molar-refractivity contribution in [3.8, 4) is 11.5 Å². The quantitative estimate of drug-likeness (QED) is 0.766. The lowest BCUT2D eigenvalue weighted by molar-refractivity contribution is -0.137. The summed E-state index contributed by atoms with van der Waals surface area (Å²) < 4.78 is 16.7. The zero-order valence-electron chi connectivity index (χ0n) is 14.4. The van der Waals surface area contributed by atoms with Crippen LogP contribution in [0, 0.1) is 0 Å². The Bertz CT molecular complexity index is 668. The van der Waals surface area contributed by atoms with Gasteiger partial charge in [0.05, 0.1) is 19.3 Å². The van der Waals surface area contributed by atoms with Gasteiger partial charge in [-0.1, -0.05) is 18.2 Å². The SMILES string of the molecule is CN(Cc1nnc(-c2ccccc2)o1)C(=O)COCC1CCCCO1. The third-order valence-electron chi connectivity index (χ3n) is 4.09. The van der Waals surface area contributed by atoms with E-state index in [2.05, 4.69) is 10.2 Å². The van der Waals surface area contributed by atoms with Gasteiger partial charge in [-0.2, -0.15) is 0 Å². The smallest absolute Gasteiger partial charge is 0.248 e. The number of rotatable bonds is 7. The van der Waals surface area contributed by atoms with E-state index in [1.807, 2.05) is 30.3 Å². The summed E-state index contributed by atoms with van der Waals surface area (Å²) in [4.78, 5) is 13.7. The molecule has 0 radical (unpaired) electrons. The predicted molar refractivity (Wildman–Crippen MR) is 90.6 cm³/mol. The van der Waals surface area contributed by atoms with Crippen molar-refractivity contribution in [1.29, 1.82) is 0 Å². The average molecular weight is 345 g/mol. The average Bonchev–Trinajstić information content (AvgIpc) is 3.12. The van der Waals surface area contributed by atoms with Gasteiger partial charge in [0.15, 0.2) is 0 Å². The molecule has 1 saturated heterocycles. The Hall–Kier alpha value is -2.25. The van der Waals surface area contributed by atoms with E-state index >= 15 is 0 Å². The van der Waals surface area contributed by atoms with Gasteiger partial charge in [0.25, 0.3) is 0 Å². The largest absolute Gasteiger partial charge is 0.419 e. The molecule has 0 spiro atoms. The Labute approximate surface area is 146 Å². The van der Waals surface area contributed by atoms with Crippen LogP contribution >= 0.6 is 0 Å². The molecule has 2 aromatic rings. The highest BCUT2D eigenvalue weighted by atomic mass is 16.5. The highest BCUT2D eigenvalue weighted by molar-refractivity contribution is 5.77. The fourth-order valence-electron chi connectivity index (χ4n) is 2.63. The number of nitrogens with zero attached hydrogens (tertiary/aromatic N) is 3. The second kappa shape index (κ2) is 8.73. The van der Waals surface area contributed by atoms with E-state index in [0.29, 0.717) is 18.4 Å². The molecule has 0 N–H and O–H groups in total. The molecule has 0 aliphatic carbocycles. The Balaban J connectivity index is 1.44. The summed E-state index contributed by atoms with van der Waals surface area (Å²) in [6.45, 7) is 1.51. The van der Waals surface area contributed by atoms with Gasteiger partial charge < -0.3 is 18.8 Å². The molecule has 1 aliphatic heterocycles. The van der Waals surface area contributed by atoms with E-state index in [1.165, 1.54) is 4.90 Å². The lowest BCUT2D eigenvalue weighted by atomic mass is 10.1. The maximum absolute atomic E-state index is 12.1. The molecular weight excluding hydrogens is 322 g/mol. The van der Waals surface area contributed by atoms with Gasteiger partial charge in [-0.15, -0.1) is 10.2 Å². The minimum Gasteiger partial charge on any atom is -0.419 e. The lowest BCUT2D eigenvalue weighted by Crippen LogP contribution is -2.32. The van der Waals surface area contributed by atoms with Gasteiger partial charge in [0.2, 0.25) is 17.7 Å². The van der Waals surface area contributed by atoms with Crippen LogP contribution in [0.4, 0.5) is 0 Å². The molecule has 7 nitrogen and oxygen atoms in total. The first kappa shape index (κ1) is 17.6. The van der Waals surface area contributed by atoms with Crippen molar-refractivity contribution in [2.75, 3.05) is 26.9 Å². The molecule has 2 heterocycles. The van der Waals surface area contributed by atoms with E-state index in [-0.39, 0.29) is 25.2 Å². The summed E-state index contributed by atoms with van der Waals surface area (Å²) in [6, 6.07) is 9.52. The van der Waals surface area contributed by atoms with Gasteiger partial charge in [-0.05, 0) is 31.4 Å². The summed E-state index contributed by atoms with van der Waals surface area (Å²) in [7, 11) is 1.69. The van der Waals surface area contributed by atoms with E-state index in [4.69, 9.17) is 13.9 Å². The van der Waals surface area contributed by atoms with Crippen molar-refractivity contribution in [3.05, 3.63) is 36.2 Å². The summed E-state index contributed by atoms with van der Waals surface area (Å²) in [5, 5.41) is 8.02. The molecule has 0 saturated carbocycles. The zero-order chi connectivity index (χ0) is 17.5. The van der Waals surface area contributed by atoms with Crippen molar-refractivity contribution >= 4 is 5.91 Å². The number of amides is 1.